The number of carboxylic acid groups (broad SMARTS) is 1. The predicted molar refractivity (Wildman–Crippen MR) is 80.4 cm³/mol. The fraction of sp³-hybridized carbons (Fsp3) is 0.0714. The van der Waals surface area contributed by atoms with Crippen LogP contribution in [-0.2, 0) is 6.61 Å². The lowest BCUT2D eigenvalue weighted by atomic mass is 10.2. The zero-order chi connectivity index (χ0) is 15.5. The van der Waals surface area contributed by atoms with E-state index in [1.165, 1.54) is 10.7 Å². The molecule has 0 aliphatic carbocycles. The average Bonchev–Trinajstić information content (AvgIpc) is 2.85. The number of ether oxygens (including phenoxy) is 1. The molecule has 0 saturated carbocycles. The highest BCUT2D eigenvalue weighted by Crippen LogP contribution is 2.15. The lowest BCUT2D eigenvalue weighted by Crippen LogP contribution is -2.07. The van der Waals surface area contributed by atoms with Crippen molar-refractivity contribution in [3.8, 4) is 5.88 Å². The Morgan fingerprint density at radius 3 is 3.00 bits per heavy atom. The van der Waals surface area contributed by atoms with Gasteiger partial charge in [0.05, 0.1) is 6.20 Å². The molecule has 0 aliphatic rings. The number of nitrogens with zero attached hydrogens (tertiary/aromatic N) is 3. The molecule has 2 N–H and O–H groups in total. The molecular weight excluding hydrogens is 308 g/mol. The summed E-state index contributed by atoms with van der Waals surface area (Å²) in [6, 6.07) is 10.7. The van der Waals surface area contributed by atoms with E-state index in [9.17, 15) is 4.79 Å². The van der Waals surface area contributed by atoms with Gasteiger partial charge in [-0.1, -0.05) is 23.7 Å². The summed E-state index contributed by atoms with van der Waals surface area (Å²) in [5, 5.41) is 15.7. The third-order valence-corrected chi connectivity index (χ3v) is 3.04. The SMILES string of the molecule is O=C(O)Nc1cn2nc(OCc3cccc(Cl)c3)ccc2n1. The van der Waals surface area contributed by atoms with Crippen LogP contribution in [0.25, 0.3) is 5.65 Å². The summed E-state index contributed by atoms with van der Waals surface area (Å²) >= 11 is 5.91. The number of imidazole rings is 1. The Morgan fingerprint density at radius 1 is 1.36 bits per heavy atom. The van der Waals surface area contributed by atoms with Crippen LogP contribution in [0.4, 0.5) is 10.6 Å². The smallest absolute Gasteiger partial charge is 0.410 e. The van der Waals surface area contributed by atoms with Gasteiger partial charge in [0.25, 0.3) is 0 Å². The van der Waals surface area contributed by atoms with E-state index in [0.717, 1.165) is 5.56 Å². The highest BCUT2D eigenvalue weighted by molar-refractivity contribution is 6.30. The van der Waals surface area contributed by atoms with Crippen molar-refractivity contribution in [2.24, 2.45) is 0 Å². The first kappa shape index (κ1) is 14.2. The van der Waals surface area contributed by atoms with E-state index in [2.05, 4.69) is 15.4 Å². The topological polar surface area (TPSA) is 88.8 Å². The minimum atomic E-state index is -1.18. The molecule has 112 valence electrons. The predicted octanol–water partition coefficient (Wildman–Crippen LogP) is 3.05. The fourth-order valence-corrected chi connectivity index (χ4v) is 2.11. The van der Waals surface area contributed by atoms with Gasteiger partial charge in [0.15, 0.2) is 11.5 Å². The minimum absolute atomic E-state index is 0.201. The Kier molecular flexibility index (Phi) is 3.80. The molecule has 0 aliphatic heterocycles. The molecule has 3 rings (SSSR count). The van der Waals surface area contributed by atoms with Gasteiger partial charge in [-0.2, -0.15) is 0 Å². The van der Waals surface area contributed by atoms with Crippen molar-refractivity contribution in [2.45, 2.75) is 6.61 Å². The molecule has 8 heteroatoms. The molecule has 2 heterocycles. The van der Waals surface area contributed by atoms with Crippen LogP contribution in [0.3, 0.4) is 0 Å². The zero-order valence-corrected chi connectivity index (χ0v) is 12.0. The lowest BCUT2D eigenvalue weighted by Gasteiger charge is -2.05. The van der Waals surface area contributed by atoms with Gasteiger partial charge < -0.3 is 9.84 Å². The molecule has 1 aromatic carbocycles. The molecule has 0 bridgehead atoms. The maximum absolute atomic E-state index is 10.6. The Hall–Kier alpha value is -2.80. The van der Waals surface area contributed by atoms with Crippen LogP contribution in [0.5, 0.6) is 5.88 Å². The maximum Gasteiger partial charge on any atom is 0.410 e. The number of carbonyl (C=O) groups is 1. The zero-order valence-electron chi connectivity index (χ0n) is 11.2. The molecule has 0 atom stereocenters. The van der Waals surface area contributed by atoms with Crippen molar-refractivity contribution in [2.75, 3.05) is 5.32 Å². The summed E-state index contributed by atoms with van der Waals surface area (Å²) in [6.07, 6.45) is 0.288. The molecule has 2 aromatic heterocycles. The molecule has 0 unspecified atom stereocenters. The summed E-state index contributed by atoms with van der Waals surface area (Å²) < 4.78 is 7.03. The number of amides is 1. The van der Waals surface area contributed by atoms with Crippen molar-refractivity contribution in [3.05, 3.63) is 53.2 Å². The van der Waals surface area contributed by atoms with Gasteiger partial charge in [-0.3, -0.25) is 5.32 Å². The summed E-state index contributed by atoms with van der Waals surface area (Å²) in [6.45, 7) is 0.327. The monoisotopic (exact) mass is 318 g/mol. The van der Waals surface area contributed by atoms with E-state index in [4.69, 9.17) is 21.4 Å². The van der Waals surface area contributed by atoms with Crippen molar-refractivity contribution in [3.63, 3.8) is 0 Å². The molecule has 0 spiro atoms. The Bertz CT molecular complexity index is 834. The van der Waals surface area contributed by atoms with Crippen LogP contribution >= 0.6 is 11.6 Å². The van der Waals surface area contributed by atoms with Crippen LogP contribution < -0.4 is 10.1 Å². The molecule has 0 fully saturated rings. The summed E-state index contributed by atoms with van der Waals surface area (Å²) in [5.74, 6) is 0.596. The van der Waals surface area contributed by atoms with Crippen molar-refractivity contribution in [1.29, 1.82) is 0 Å². The Labute approximate surface area is 130 Å². The van der Waals surface area contributed by atoms with Gasteiger partial charge in [0.1, 0.15) is 6.61 Å². The van der Waals surface area contributed by atoms with Gasteiger partial charge in [-0.15, -0.1) is 5.10 Å². The van der Waals surface area contributed by atoms with Crippen molar-refractivity contribution >= 4 is 29.2 Å². The van der Waals surface area contributed by atoms with Crippen molar-refractivity contribution < 1.29 is 14.6 Å². The van der Waals surface area contributed by atoms with Gasteiger partial charge in [0, 0.05) is 11.1 Å². The van der Waals surface area contributed by atoms with E-state index in [-0.39, 0.29) is 5.82 Å². The number of rotatable bonds is 4. The summed E-state index contributed by atoms with van der Waals surface area (Å²) in [4.78, 5) is 14.6. The molecule has 22 heavy (non-hydrogen) atoms. The molecular formula is C14H11ClN4O3. The first-order chi connectivity index (χ1) is 10.6. The first-order valence-corrected chi connectivity index (χ1v) is 6.71. The lowest BCUT2D eigenvalue weighted by molar-refractivity contribution is 0.209. The van der Waals surface area contributed by atoms with Crippen molar-refractivity contribution in [1.82, 2.24) is 14.6 Å². The number of fused-ring (bicyclic) bond motifs is 1. The molecule has 0 radical (unpaired) electrons. The van der Waals surface area contributed by atoms with Gasteiger partial charge in [-0.25, -0.2) is 14.3 Å². The van der Waals surface area contributed by atoms with Crippen LogP contribution in [0.1, 0.15) is 5.56 Å². The van der Waals surface area contributed by atoms with E-state index < -0.39 is 6.09 Å². The third-order valence-electron chi connectivity index (χ3n) is 2.81. The first-order valence-electron chi connectivity index (χ1n) is 6.34. The van der Waals surface area contributed by atoms with E-state index in [1.807, 2.05) is 18.2 Å². The third kappa shape index (κ3) is 3.26. The largest absolute Gasteiger partial charge is 0.472 e. The number of halogens is 1. The van der Waals surface area contributed by atoms with Crippen LogP contribution in [0, 0.1) is 0 Å². The molecule has 3 aromatic rings. The van der Waals surface area contributed by atoms with Gasteiger partial charge in [-0.05, 0) is 23.8 Å². The second kappa shape index (κ2) is 5.90. The van der Waals surface area contributed by atoms with Crippen LogP contribution in [0.2, 0.25) is 5.02 Å². The molecule has 0 saturated heterocycles. The average molecular weight is 319 g/mol. The van der Waals surface area contributed by atoms with Gasteiger partial charge >= 0.3 is 6.09 Å². The number of anilines is 1. The Morgan fingerprint density at radius 2 is 2.23 bits per heavy atom. The number of nitrogens with one attached hydrogen (secondary N) is 1. The quantitative estimate of drug-likeness (QED) is 0.771. The maximum atomic E-state index is 10.6. The minimum Gasteiger partial charge on any atom is -0.472 e. The second-order valence-electron chi connectivity index (χ2n) is 4.45. The van der Waals surface area contributed by atoms with Gasteiger partial charge in [0.2, 0.25) is 5.88 Å². The number of benzene rings is 1. The van der Waals surface area contributed by atoms with E-state index in [0.29, 0.717) is 23.2 Å². The normalized spacial score (nSPS) is 10.6. The van der Waals surface area contributed by atoms with E-state index in [1.54, 1.807) is 18.2 Å². The molecule has 1 amide bonds. The summed E-state index contributed by atoms with van der Waals surface area (Å²) in [5.41, 5.74) is 1.44. The fourth-order valence-electron chi connectivity index (χ4n) is 1.90. The number of hydrogen-bond donors (Lipinski definition) is 2. The van der Waals surface area contributed by atoms with Crippen LogP contribution in [0.15, 0.2) is 42.6 Å². The second-order valence-corrected chi connectivity index (χ2v) is 4.89. The highest BCUT2D eigenvalue weighted by atomic mass is 35.5. The molecule has 7 nitrogen and oxygen atoms in total. The highest BCUT2D eigenvalue weighted by Gasteiger charge is 2.06. The van der Waals surface area contributed by atoms with E-state index >= 15 is 0 Å². The number of hydrogen-bond acceptors (Lipinski definition) is 4. The summed E-state index contributed by atoms with van der Waals surface area (Å²) in [7, 11) is 0. The van der Waals surface area contributed by atoms with Crippen LogP contribution in [-0.4, -0.2) is 25.8 Å². The Balaban J connectivity index is 1.75. The number of aromatic nitrogens is 3. The standard InChI is InChI=1S/C14H11ClN4O3/c15-10-3-1-2-9(6-10)8-22-13-5-4-12-16-11(17-14(20)21)7-19(12)18-13/h1-7,17H,8H2,(H,20,21).